The Labute approximate surface area is 146 Å². The summed E-state index contributed by atoms with van der Waals surface area (Å²) in [6.07, 6.45) is 3.18. The molecule has 2 heterocycles. The zero-order chi connectivity index (χ0) is 17.6. The van der Waals surface area contributed by atoms with Crippen molar-refractivity contribution in [3.8, 4) is 5.75 Å². The van der Waals surface area contributed by atoms with Crippen molar-refractivity contribution >= 4 is 28.8 Å². The summed E-state index contributed by atoms with van der Waals surface area (Å²) in [4.78, 5) is 12.7. The number of aryl methyl sites for hydroxylation is 1. The first kappa shape index (κ1) is 16.5. The number of hydrogen-bond acceptors (Lipinski definition) is 7. The van der Waals surface area contributed by atoms with Crippen molar-refractivity contribution in [3.05, 3.63) is 54.5 Å². The fourth-order valence-corrected chi connectivity index (χ4v) is 2.26. The predicted octanol–water partition coefficient (Wildman–Crippen LogP) is 3.65. The van der Waals surface area contributed by atoms with Gasteiger partial charge in [-0.05, 0) is 55.8 Å². The quantitative estimate of drug-likeness (QED) is 0.632. The second-order valence-electron chi connectivity index (χ2n) is 5.41. The summed E-state index contributed by atoms with van der Waals surface area (Å²) in [6.45, 7) is 4.58. The monoisotopic (exact) mass is 336 g/mol. The number of nitrogens with two attached hydrogens (primary N) is 1. The van der Waals surface area contributed by atoms with E-state index >= 15 is 0 Å². The molecule has 0 aliphatic carbocycles. The van der Waals surface area contributed by atoms with E-state index in [1.807, 2.05) is 50.2 Å². The number of nitrogens with zero attached hydrogens (tertiary/aromatic N) is 3. The Hall–Kier alpha value is -3.35. The number of nitrogens with one attached hydrogen (secondary N) is 2. The van der Waals surface area contributed by atoms with Gasteiger partial charge in [0.15, 0.2) is 11.6 Å². The smallest absolute Gasteiger partial charge is 0.160 e. The molecule has 4 N–H and O–H groups in total. The maximum Gasteiger partial charge on any atom is 0.160 e. The minimum atomic E-state index is 0.416. The number of aromatic nitrogens is 3. The predicted molar refractivity (Wildman–Crippen MR) is 99.6 cm³/mol. The molecule has 0 bridgehead atoms. The lowest BCUT2D eigenvalue weighted by molar-refractivity contribution is 0.340. The van der Waals surface area contributed by atoms with E-state index in [9.17, 15) is 0 Å². The molecule has 0 amide bonds. The molecule has 0 atom stereocenters. The third-order valence-electron chi connectivity index (χ3n) is 3.47. The van der Waals surface area contributed by atoms with Crippen molar-refractivity contribution in [1.29, 1.82) is 0 Å². The average molecular weight is 336 g/mol. The number of rotatable bonds is 6. The minimum absolute atomic E-state index is 0.416. The Balaban J connectivity index is 1.78. The van der Waals surface area contributed by atoms with Crippen LogP contribution in [0.5, 0.6) is 5.75 Å². The molecule has 0 saturated heterocycles. The van der Waals surface area contributed by atoms with Crippen molar-refractivity contribution in [2.75, 3.05) is 23.0 Å². The van der Waals surface area contributed by atoms with Crippen LogP contribution in [0.15, 0.2) is 48.9 Å². The molecule has 25 heavy (non-hydrogen) atoms. The van der Waals surface area contributed by atoms with Gasteiger partial charge in [0.05, 0.1) is 6.61 Å². The lowest BCUT2D eigenvalue weighted by atomic mass is 10.3. The molecule has 3 aromatic rings. The van der Waals surface area contributed by atoms with Gasteiger partial charge in [-0.2, -0.15) is 0 Å². The summed E-state index contributed by atoms with van der Waals surface area (Å²) in [6, 6.07) is 11.4. The molecule has 128 valence electrons. The van der Waals surface area contributed by atoms with E-state index in [-0.39, 0.29) is 0 Å². The molecule has 0 aliphatic rings. The van der Waals surface area contributed by atoms with Gasteiger partial charge < -0.3 is 21.1 Å². The third-order valence-corrected chi connectivity index (χ3v) is 3.47. The molecule has 0 aliphatic heterocycles. The lowest BCUT2D eigenvalue weighted by Crippen LogP contribution is -2.06. The molecule has 2 aromatic heterocycles. The van der Waals surface area contributed by atoms with Gasteiger partial charge in [-0.15, -0.1) is 0 Å². The lowest BCUT2D eigenvalue weighted by Gasteiger charge is -2.12. The first-order valence-electron chi connectivity index (χ1n) is 7.95. The van der Waals surface area contributed by atoms with Crippen LogP contribution in [-0.4, -0.2) is 21.6 Å². The highest BCUT2D eigenvalue weighted by molar-refractivity contribution is 5.79. The van der Waals surface area contributed by atoms with Gasteiger partial charge in [0.2, 0.25) is 0 Å². The van der Waals surface area contributed by atoms with E-state index < -0.39 is 0 Å². The molecule has 7 nitrogen and oxygen atoms in total. The molecular weight excluding hydrogens is 316 g/mol. The number of pyridine rings is 1. The summed E-state index contributed by atoms with van der Waals surface area (Å²) in [5.41, 5.74) is 8.56. The first-order valence-corrected chi connectivity index (χ1v) is 7.95. The molecule has 0 radical (unpaired) electrons. The number of nitrogen functional groups attached to an aromatic ring is 1. The Kier molecular flexibility index (Phi) is 4.94. The Morgan fingerprint density at radius 2 is 1.72 bits per heavy atom. The van der Waals surface area contributed by atoms with E-state index in [4.69, 9.17) is 10.5 Å². The molecule has 1 aromatic carbocycles. The highest BCUT2D eigenvalue weighted by Crippen LogP contribution is 2.28. The van der Waals surface area contributed by atoms with Gasteiger partial charge in [0.25, 0.3) is 0 Å². The third kappa shape index (κ3) is 4.14. The Morgan fingerprint density at radius 3 is 2.40 bits per heavy atom. The van der Waals surface area contributed by atoms with Crippen LogP contribution in [0.1, 0.15) is 12.5 Å². The summed E-state index contributed by atoms with van der Waals surface area (Å²) >= 11 is 0. The van der Waals surface area contributed by atoms with Crippen molar-refractivity contribution < 1.29 is 4.74 Å². The second-order valence-corrected chi connectivity index (χ2v) is 5.41. The summed E-state index contributed by atoms with van der Waals surface area (Å²) < 4.78 is 5.43. The molecule has 0 spiro atoms. The van der Waals surface area contributed by atoms with Gasteiger partial charge in [-0.1, -0.05) is 0 Å². The van der Waals surface area contributed by atoms with E-state index in [1.165, 1.54) is 6.33 Å². The van der Waals surface area contributed by atoms with Crippen LogP contribution >= 0.6 is 0 Å². The van der Waals surface area contributed by atoms with Gasteiger partial charge in [0, 0.05) is 11.9 Å². The van der Waals surface area contributed by atoms with E-state index in [0.717, 1.165) is 17.0 Å². The SMILES string of the molecule is CCOc1ccc(Nc2ncnc(Nc3cc(C)ccn3)c2N)cc1. The molecular formula is C18H20N6O. The van der Waals surface area contributed by atoms with Crippen molar-refractivity contribution in [2.45, 2.75) is 13.8 Å². The van der Waals surface area contributed by atoms with Gasteiger partial charge in [-0.25, -0.2) is 15.0 Å². The molecule has 3 rings (SSSR count). The van der Waals surface area contributed by atoms with Crippen molar-refractivity contribution in [1.82, 2.24) is 15.0 Å². The van der Waals surface area contributed by atoms with E-state index in [0.29, 0.717) is 29.7 Å². The first-order chi connectivity index (χ1) is 12.2. The topological polar surface area (TPSA) is 98.0 Å². The number of anilines is 5. The van der Waals surface area contributed by atoms with E-state index in [2.05, 4.69) is 25.6 Å². The highest BCUT2D eigenvalue weighted by atomic mass is 16.5. The zero-order valence-electron chi connectivity index (χ0n) is 14.2. The largest absolute Gasteiger partial charge is 0.494 e. The second kappa shape index (κ2) is 7.48. The van der Waals surface area contributed by atoms with Crippen LogP contribution in [0.3, 0.4) is 0 Å². The molecule has 0 unspecified atom stereocenters. The average Bonchev–Trinajstić information content (AvgIpc) is 2.60. The molecule has 0 saturated carbocycles. The van der Waals surface area contributed by atoms with Crippen LogP contribution in [0, 0.1) is 6.92 Å². The standard InChI is InChI=1S/C18H20N6O/c1-3-25-14-6-4-13(5-7-14)23-17-16(19)18(22-11-21-17)24-15-10-12(2)8-9-20-15/h4-11H,3,19H2,1-2H3,(H2,20,21,22,23,24). The van der Waals surface area contributed by atoms with E-state index in [1.54, 1.807) is 6.20 Å². The fourth-order valence-electron chi connectivity index (χ4n) is 2.26. The summed E-state index contributed by atoms with van der Waals surface area (Å²) in [5, 5.41) is 6.30. The number of hydrogen-bond donors (Lipinski definition) is 3. The Bertz CT molecular complexity index is 850. The zero-order valence-corrected chi connectivity index (χ0v) is 14.2. The van der Waals surface area contributed by atoms with Crippen molar-refractivity contribution in [3.63, 3.8) is 0 Å². The van der Waals surface area contributed by atoms with Crippen LogP contribution in [-0.2, 0) is 0 Å². The summed E-state index contributed by atoms with van der Waals surface area (Å²) in [7, 11) is 0. The minimum Gasteiger partial charge on any atom is -0.494 e. The Morgan fingerprint density at radius 1 is 1.00 bits per heavy atom. The van der Waals surface area contributed by atoms with Crippen molar-refractivity contribution in [2.24, 2.45) is 0 Å². The van der Waals surface area contributed by atoms with Gasteiger partial charge in [0.1, 0.15) is 23.6 Å². The van der Waals surface area contributed by atoms with Crippen LogP contribution in [0.25, 0.3) is 0 Å². The number of benzene rings is 1. The number of ether oxygens (including phenoxy) is 1. The highest BCUT2D eigenvalue weighted by Gasteiger charge is 2.09. The van der Waals surface area contributed by atoms with Gasteiger partial charge in [-0.3, -0.25) is 0 Å². The van der Waals surface area contributed by atoms with Crippen LogP contribution in [0.4, 0.5) is 28.8 Å². The van der Waals surface area contributed by atoms with Gasteiger partial charge >= 0.3 is 0 Å². The maximum atomic E-state index is 6.19. The van der Waals surface area contributed by atoms with Crippen LogP contribution in [0.2, 0.25) is 0 Å². The summed E-state index contributed by atoms with van der Waals surface area (Å²) in [5.74, 6) is 2.52. The van der Waals surface area contributed by atoms with Crippen LogP contribution < -0.4 is 21.1 Å². The fraction of sp³-hybridized carbons (Fsp3) is 0.167. The maximum absolute atomic E-state index is 6.19. The molecule has 0 fully saturated rings. The normalized spacial score (nSPS) is 10.3. The molecule has 7 heteroatoms.